The lowest BCUT2D eigenvalue weighted by Gasteiger charge is -2.22. The van der Waals surface area contributed by atoms with E-state index in [0.717, 1.165) is 12.8 Å². The van der Waals surface area contributed by atoms with Crippen molar-refractivity contribution >= 4 is 5.91 Å². The first-order valence-corrected chi connectivity index (χ1v) is 6.83. The summed E-state index contributed by atoms with van der Waals surface area (Å²) in [6.45, 7) is 0.228. The summed E-state index contributed by atoms with van der Waals surface area (Å²) in [5.41, 5.74) is 0.809. The molecule has 108 valence electrons. The predicted octanol–water partition coefficient (Wildman–Crippen LogP) is 2.73. The van der Waals surface area contributed by atoms with E-state index in [2.05, 4.69) is 4.98 Å². The van der Waals surface area contributed by atoms with Gasteiger partial charge in [-0.15, -0.1) is 0 Å². The summed E-state index contributed by atoms with van der Waals surface area (Å²) in [7, 11) is 0. The molecule has 0 atom stereocenters. The van der Waals surface area contributed by atoms with Crippen LogP contribution in [0.4, 0.5) is 4.39 Å². The fraction of sp³-hybridized carbons (Fsp3) is 0.250. The van der Waals surface area contributed by atoms with E-state index in [9.17, 15) is 14.3 Å². The Morgan fingerprint density at radius 2 is 2.10 bits per heavy atom. The van der Waals surface area contributed by atoms with Crippen molar-refractivity contribution in [2.45, 2.75) is 25.4 Å². The largest absolute Gasteiger partial charge is 0.506 e. The second-order valence-corrected chi connectivity index (χ2v) is 5.19. The van der Waals surface area contributed by atoms with Gasteiger partial charge in [0, 0.05) is 24.3 Å². The normalized spacial score (nSPS) is 14.0. The van der Waals surface area contributed by atoms with Gasteiger partial charge in [0.2, 0.25) is 0 Å². The number of nitrogens with zero attached hydrogens (tertiary/aromatic N) is 2. The molecule has 4 nitrogen and oxygen atoms in total. The Balaban J connectivity index is 1.85. The molecule has 1 saturated carbocycles. The maximum absolute atomic E-state index is 13.8. The monoisotopic (exact) mass is 286 g/mol. The lowest BCUT2D eigenvalue weighted by Crippen LogP contribution is -2.33. The van der Waals surface area contributed by atoms with Crippen molar-refractivity contribution in [3.05, 3.63) is 59.7 Å². The topological polar surface area (TPSA) is 53.4 Å². The van der Waals surface area contributed by atoms with Gasteiger partial charge in [0.1, 0.15) is 11.6 Å². The number of carbonyl (C=O) groups excluding carboxylic acids is 1. The van der Waals surface area contributed by atoms with Crippen molar-refractivity contribution in [3.63, 3.8) is 0 Å². The fourth-order valence-corrected chi connectivity index (χ4v) is 2.27. The van der Waals surface area contributed by atoms with Gasteiger partial charge in [-0.3, -0.25) is 9.78 Å². The number of aromatic nitrogens is 1. The molecule has 1 aromatic carbocycles. The smallest absolute Gasteiger partial charge is 0.256 e. The predicted molar refractivity (Wildman–Crippen MR) is 75.2 cm³/mol. The van der Waals surface area contributed by atoms with Crippen LogP contribution in [-0.2, 0) is 6.54 Å². The second kappa shape index (κ2) is 5.52. The Morgan fingerprint density at radius 1 is 1.33 bits per heavy atom. The summed E-state index contributed by atoms with van der Waals surface area (Å²) in [6.07, 6.45) is 4.53. The van der Waals surface area contributed by atoms with Crippen molar-refractivity contribution < 1.29 is 14.3 Å². The van der Waals surface area contributed by atoms with Gasteiger partial charge in [-0.05, 0) is 25.0 Å². The van der Waals surface area contributed by atoms with Crippen molar-refractivity contribution in [3.8, 4) is 5.75 Å². The molecule has 1 fully saturated rings. The number of pyridine rings is 1. The van der Waals surface area contributed by atoms with Gasteiger partial charge in [-0.1, -0.05) is 18.2 Å². The lowest BCUT2D eigenvalue weighted by atomic mass is 10.1. The van der Waals surface area contributed by atoms with Crippen molar-refractivity contribution in [2.75, 3.05) is 0 Å². The molecule has 0 unspecified atom stereocenters. The van der Waals surface area contributed by atoms with E-state index in [-0.39, 0.29) is 30.1 Å². The Labute approximate surface area is 121 Å². The highest BCUT2D eigenvalue weighted by molar-refractivity contribution is 5.94. The second-order valence-electron chi connectivity index (χ2n) is 5.19. The minimum atomic E-state index is -0.315. The molecule has 1 amide bonds. The highest BCUT2D eigenvalue weighted by atomic mass is 19.1. The van der Waals surface area contributed by atoms with E-state index >= 15 is 0 Å². The highest BCUT2D eigenvalue weighted by Crippen LogP contribution is 2.30. The molecule has 5 heteroatoms. The summed E-state index contributed by atoms with van der Waals surface area (Å²) in [4.78, 5) is 18.0. The molecular weight excluding hydrogens is 271 g/mol. The number of hydrogen-bond donors (Lipinski definition) is 1. The summed E-state index contributed by atoms with van der Waals surface area (Å²) < 4.78 is 13.8. The third kappa shape index (κ3) is 3.02. The average molecular weight is 286 g/mol. The maximum atomic E-state index is 13.8. The summed E-state index contributed by atoms with van der Waals surface area (Å²) in [6, 6.07) is 7.97. The van der Waals surface area contributed by atoms with Gasteiger partial charge in [0.05, 0.1) is 11.8 Å². The summed E-state index contributed by atoms with van der Waals surface area (Å²) >= 11 is 0. The van der Waals surface area contributed by atoms with E-state index in [1.54, 1.807) is 23.1 Å². The maximum Gasteiger partial charge on any atom is 0.256 e. The number of rotatable bonds is 4. The Bertz CT molecular complexity index is 671. The van der Waals surface area contributed by atoms with E-state index in [1.807, 2.05) is 0 Å². The molecule has 0 aliphatic heterocycles. The third-order valence-electron chi connectivity index (χ3n) is 3.52. The van der Waals surface area contributed by atoms with Gasteiger partial charge in [-0.25, -0.2) is 4.39 Å². The quantitative estimate of drug-likeness (QED) is 0.940. The van der Waals surface area contributed by atoms with Gasteiger partial charge < -0.3 is 10.0 Å². The molecule has 0 radical (unpaired) electrons. The van der Waals surface area contributed by atoms with Crippen LogP contribution >= 0.6 is 0 Å². The molecule has 1 aliphatic rings. The Kier molecular flexibility index (Phi) is 3.56. The zero-order valence-electron chi connectivity index (χ0n) is 11.4. The van der Waals surface area contributed by atoms with Gasteiger partial charge in [0.25, 0.3) is 5.91 Å². The van der Waals surface area contributed by atoms with E-state index in [4.69, 9.17) is 0 Å². The SMILES string of the molecule is O=C(c1cncc(O)c1)N(Cc1ccccc1F)C1CC1. The molecule has 1 aliphatic carbocycles. The Morgan fingerprint density at radius 3 is 2.76 bits per heavy atom. The highest BCUT2D eigenvalue weighted by Gasteiger charge is 2.33. The van der Waals surface area contributed by atoms with Crippen molar-refractivity contribution in [2.24, 2.45) is 0 Å². The first kappa shape index (κ1) is 13.5. The molecule has 3 rings (SSSR count). The molecule has 1 N–H and O–H groups in total. The molecule has 21 heavy (non-hydrogen) atoms. The average Bonchev–Trinajstić information content (AvgIpc) is 3.30. The van der Waals surface area contributed by atoms with E-state index in [1.165, 1.54) is 24.5 Å². The van der Waals surface area contributed by atoms with Crippen LogP contribution < -0.4 is 0 Å². The van der Waals surface area contributed by atoms with Crippen LogP contribution in [0, 0.1) is 5.82 Å². The van der Waals surface area contributed by atoms with E-state index in [0.29, 0.717) is 11.1 Å². The van der Waals surface area contributed by atoms with Crippen LogP contribution in [0.3, 0.4) is 0 Å². The molecule has 1 aromatic heterocycles. The minimum absolute atomic E-state index is 0.0533. The van der Waals surface area contributed by atoms with Crippen LogP contribution in [-0.4, -0.2) is 26.9 Å². The minimum Gasteiger partial charge on any atom is -0.506 e. The number of benzene rings is 1. The summed E-state index contributed by atoms with van der Waals surface area (Å²) in [5, 5.41) is 9.44. The molecule has 1 heterocycles. The number of carbonyl (C=O) groups is 1. The number of aromatic hydroxyl groups is 1. The van der Waals surface area contributed by atoms with Crippen LogP contribution in [0.2, 0.25) is 0 Å². The zero-order valence-corrected chi connectivity index (χ0v) is 11.4. The number of hydrogen-bond acceptors (Lipinski definition) is 3. The van der Waals surface area contributed by atoms with Crippen molar-refractivity contribution in [1.29, 1.82) is 0 Å². The van der Waals surface area contributed by atoms with Crippen LogP contribution in [0.25, 0.3) is 0 Å². The molecular formula is C16H15FN2O2. The van der Waals surface area contributed by atoms with E-state index < -0.39 is 0 Å². The van der Waals surface area contributed by atoms with Crippen LogP contribution in [0.15, 0.2) is 42.7 Å². The first-order chi connectivity index (χ1) is 10.1. The standard InChI is InChI=1S/C16H15FN2O2/c17-15-4-2-1-3-11(15)10-19(13-5-6-13)16(21)12-7-14(20)9-18-8-12/h1-4,7-9,13,20H,5-6,10H2. The summed E-state index contributed by atoms with van der Waals surface area (Å²) in [5.74, 6) is -0.600. The molecule has 0 bridgehead atoms. The van der Waals surface area contributed by atoms with Gasteiger partial charge in [-0.2, -0.15) is 0 Å². The van der Waals surface area contributed by atoms with Gasteiger partial charge >= 0.3 is 0 Å². The Hall–Kier alpha value is -2.43. The van der Waals surface area contributed by atoms with Crippen LogP contribution in [0.5, 0.6) is 5.75 Å². The molecule has 0 saturated heterocycles. The van der Waals surface area contributed by atoms with Crippen LogP contribution in [0.1, 0.15) is 28.8 Å². The van der Waals surface area contributed by atoms with Gasteiger partial charge in [0.15, 0.2) is 0 Å². The first-order valence-electron chi connectivity index (χ1n) is 6.83. The molecule has 0 spiro atoms. The molecule has 2 aromatic rings. The third-order valence-corrected chi connectivity index (χ3v) is 3.52. The zero-order chi connectivity index (χ0) is 14.8. The van der Waals surface area contributed by atoms with Crippen molar-refractivity contribution in [1.82, 2.24) is 9.88 Å². The fourth-order valence-electron chi connectivity index (χ4n) is 2.27. The number of halogens is 1. The lowest BCUT2D eigenvalue weighted by molar-refractivity contribution is 0.0727. The number of amides is 1.